The number of benzene rings is 1. The standard InChI is InChI=1S/C20H18FN7/c21-14-6-2-1-4-12(14)10-28-20-13(5-3-9-24-20)16(27-28)19-25-17(22)15(11-7-8-11)18(23)26-19/h1-6,9,11H,7-8,10H2,(H4,22,23,25,26). The molecule has 0 spiro atoms. The molecule has 1 fully saturated rings. The summed E-state index contributed by atoms with van der Waals surface area (Å²) in [4.78, 5) is 13.3. The predicted octanol–water partition coefficient (Wildman–Crippen LogP) is 3.12. The van der Waals surface area contributed by atoms with Crippen molar-refractivity contribution in [3.8, 4) is 11.5 Å². The zero-order valence-corrected chi connectivity index (χ0v) is 15.0. The van der Waals surface area contributed by atoms with Crippen LogP contribution in [0.1, 0.15) is 29.9 Å². The van der Waals surface area contributed by atoms with Crippen LogP contribution in [0.2, 0.25) is 0 Å². The highest BCUT2D eigenvalue weighted by molar-refractivity contribution is 5.89. The van der Waals surface area contributed by atoms with Gasteiger partial charge in [-0.25, -0.2) is 24.0 Å². The van der Waals surface area contributed by atoms with Crippen molar-refractivity contribution >= 4 is 22.7 Å². The minimum Gasteiger partial charge on any atom is -0.383 e. The molecule has 3 aromatic heterocycles. The molecule has 0 saturated heterocycles. The van der Waals surface area contributed by atoms with Gasteiger partial charge in [0, 0.05) is 17.3 Å². The minimum atomic E-state index is -0.290. The van der Waals surface area contributed by atoms with Crippen molar-refractivity contribution < 1.29 is 4.39 Å². The molecule has 0 bridgehead atoms. The topological polar surface area (TPSA) is 109 Å². The molecular formula is C20H18FN7. The third kappa shape index (κ3) is 2.74. The van der Waals surface area contributed by atoms with Gasteiger partial charge in [-0.3, -0.25) is 0 Å². The van der Waals surface area contributed by atoms with E-state index in [0.717, 1.165) is 23.8 Å². The van der Waals surface area contributed by atoms with Gasteiger partial charge >= 0.3 is 0 Å². The second-order valence-electron chi connectivity index (χ2n) is 6.98. The summed E-state index contributed by atoms with van der Waals surface area (Å²) in [5.74, 6) is 1.20. The highest BCUT2D eigenvalue weighted by atomic mass is 19.1. The van der Waals surface area contributed by atoms with Crippen LogP contribution in [0.3, 0.4) is 0 Å². The van der Waals surface area contributed by atoms with Gasteiger partial charge in [-0.1, -0.05) is 18.2 Å². The van der Waals surface area contributed by atoms with Gasteiger partial charge in [0.05, 0.1) is 11.9 Å². The number of fused-ring (bicyclic) bond motifs is 1. The number of rotatable bonds is 4. The summed E-state index contributed by atoms with van der Waals surface area (Å²) in [6.07, 6.45) is 3.79. The third-order valence-electron chi connectivity index (χ3n) is 4.99. The van der Waals surface area contributed by atoms with Gasteiger partial charge in [-0.2, -0.15) is 5.10 Å². The number of pyridine rings is 1. The van der Waals surface area contributed by atoms with Crippen LogP contribution in [0.15, 0.2) is 42.6 Å². The number of hydrogen-bond donors (Lipinski definition) is 2. The number of nitrogens with two attached hydrogens (primary N) is 2. The smallest absolute Gasteiger partial charge is 0.184 e. The largest absolute Gasteiger partial charge is 0.383 e. The summed E-state index contributed by atoms with van der Waals surface area (Å²) in [7, 11) is 0. The molecule has 1 aromatic carbocycles. The van der Waals surface area contributed by atoms with E-state index in [1.54, 1.807) is 29.1 Å². The zero-order chi connectivity index (χ0) is 19.3. The van der Waals surface area contributed by atoms with Gasteiger partial charge < -0.3 is 11.5 Å². The average molecular weight is 375 g/mol. The van der Waals surface area contributed by atoms with Crippen molar-refractivity contribution in [3.05, 3.63) is 59.5 Å². The maximum Gasteiger partial charge on any atom is 0.184 e. The lowest BCUT2D eigenvalue weighted by atomic mass is 10.1. The number of hydrogen-bond acceptors (Lipinski definition) is 6. The van der Waals surface area contributed by atoms with Gasteiger partial charge in [-0.15, -0.1) is 0 Å². The molecule has 140 valence electrons. The molecular weight excluding hydrogens is 357 g/mol. The van der Waals surface area contributed by atoms with Crippen LogP contribution < -0.4 is 11.5 Å². The number of nitrogen functional groups attached to an aromatic ring is 2. The molecule has 28 heavy (non-hydrogen) atoms. The van der Waals surface area contributed by atoms with Gasteiger partial charge in [0.15, 0.2) is 11.5 Å². The normalized spacial score (nSPS) is 13.9. The Bertz CT molecular complexity index is 1170. The first-order chi connectivity index (χ1) is 13.6. The molecule has 4 aromatic rings. The Kier molecular flexibility index (Phi) is 3.71. The molecule has 4 N–H and O–H groups in total. The van der Waals surface area contributed by atoms with Gasteiger partial charge in [0.1, 0.15) is 23.1 Å². The number of aromatic nitrogens is 5. The van der Waals surface area contributed by atoms with Crippen LogP contribution in [0.4, 0.5) is 16.0 Å². The molecule has 3 heterocycles. The Labute approximate surface area is 160 Å². The maximum absolute atomic E-state index is 14.1. The summed E-state index contributed by atoms with van der Waals surface area (Å²) in [6.45, 7) is 0.241. The van der Waals surface area contributed by atoms with Crippen molar-refractivity contribution in [2.24, 2.45) is 0 Å². The molecule has 5 rings (SSSR count). The highest BCUT2D eigenvalue weighted by Gasteiger charge is 2.30. The molecule has 0 aliphatic heterocycles. The van der Waals surface area contributed by atoms with E-state index in [0.29, 0.717) is 40.3 Å². The number of halogens is 1. The van der Waals surface area contributed by atoms with Crippen LogP contribution >= 0.6 is 0 Å². The molecule has 8 heteroatoms. The molecule has 0 unspecified atom stereocenters. The van der Waals surface area contributed by atoms with E-state index >= 15 is 0 Å². The second-order valence-corrected chi connectivity index (χ2v) is 6.98. The Balaban J connectivity index is 1.64. The van der Waals surface area contributed by atoms with Crippen LogP contribution in [-0.4, -0.2) is 24.7 Å². The summed E-state index contributed by atoms with van der Waals surface area (Å²) >= 11 is 0. The van der Waals surface area contributed by atoms with Gasteiger partial charge in [0.25, 0.3) is 0 Å². The molecule has 0 amide bonds. The Morgan fingerprint density at radius 2 is 1.79 bits per heavy atom. The van der Waals surface area contributed by atoms with Crippen molar-refractivity contribution in [2.75, 3.05) is 11.5 Å². The van der Waals surface area contributed by atoms with Gasteiger partial charge in [0.2, 0.25) is 0 Å². The van der Waals surface area contributed by atoms with E-state index < -0.39 is 0 Å². The fraction of sp³-hybridized carbons (Fsp3) is 0.200. The van der Waals surface area contributed by atoms with E-state index in [1.807, 2.05) is 12.1 Å². The van der Waals surface area contributed by atoms with Crippen molar-refractivity contribution in [1.29, 1.82) is 0 Å². The molecule has 7 nitrogen and oxygen atoms in total. The highest BCUT2D eigenvalue weighted by Crippen LogP contribution is 2.45. The second kappa shape index (κ2) is 6.26. The van der Waals surface area contributed by atoms with Crippen LogP contribution in [0, 0.1) is 5.82 Å². The molecule has 0 atom stereocenters. The van der Waals surface area contributed by atoms with E-state index in [9.17, 15) is 4.39 Å². The maximum atomic E-state index is 14.1. The van der Waals surface area contributed by atoms with Crippen LogP contribution in [0.25, 0.3) is 22.6 Å². The van der Waals surface area contributed by atoms with Crippen LogP contribution in [-0.2, 0) is 6.54 Å². The summed E-state index contributed by atoms with van der Waals surface area (Å²) < 4.78 is 15.8. The fourth-order valence-corrected chi connectivity index (χ4v) is 3.47. The van der Waals surface area contributed by atoms with Crippen molar-refractivity contribution in [2.45, 2.75) is 25.3 Å². The first kappa shape index (κ1) is 16.6. The molecule has 1 aliphatic carbocycles. The Hall–Kier alpha value is -3.55. The SMILES string of the molecule is Nc1nc(-c2nn(Cc3ccccc3F)c3ncccc23)nc(N)c1C1CC1. The monoisotopic (exact) mass is 375 g/mol. The molecule has 1 saturated carbocycles. The lowest BCUT2D eigenvalue weighted by Gasteiger charge is -2.08. The minimum absolute atomic E-state index is 0.241. The first-order valence-corrected chi connectivity index (χ1v) is 9.10. The van der Waals surface area contributed by atoms with E-state index in [4.69, 9.17) is 11.5 Å². The molecule has 1 aliphatic rings. The zero-order valence-electron chi connectivity index (χ0n) is 15.0. The molecule has 0 radical (unpaired) electrons. The Morgan fingerprint density at radius 3 is 2.50 bits per heavy atom. The number of nitrogens with zero attached hydrogens (tertiary/aromatic N) is 5. The lowest BCUT2D eigenvalue weighted by Crippen LogP contribution is -2.07. The fourth-order valence-electron chi connectivity index (χ4n) is 3.47. The van der Waals surface area contributed by atoms with Crippen molar-refractivity contribution in [3.63, 3.8) is 0 Å². The summed E-state index contributed by atoms with van der Waals surface area (Å²) in [6, 6.07) is 10.3. The quantitative estimate of drug-likeness (QED) is 0.567. The Morgan fingerprint density at radius 1 is 1.04 bits per heavy atom. The van der Waals surface area contributed by atoms with E-state index in [-0.39, 0.29) is 12.4 Å². The summed E-state index contributed by atoms with van der Waals surface area (Å²) in [5, 5.41) is 5.38. The summed E-state index contributed by atoms with van der Waals surface area (Å²) in [5.41, 5.74) is 14.8. The lowest BCUT2D eigenvalue weighted by molar-refractivity contribution is 0.589. The first-order valence-electron chi connectivity index (χ1n) is 9.10. The average Bonchev–Trinajstić information content (AvgIpc) is 3.45. The predicted molar refractivity (Wildman–Crippen MR) is 105 cm³/mol. The number of anilines is 2. The van der Waals surface area contributed by atoms with Gasteiger partial charge in [-0.05, 0) is 37.0 Å². The van der Waals surface area contributed by atoms with E-state index in [1.165, 1.54) is 6.07 Å². The van der Waals surface area contributed by atoms with E-state index in [2.05, 4.69) is 20.1 Å². The van der Waals surface area contributed by atoms with Crippen molar-refractivity contribution in [1.82, 2.24) is 24.7 Å². The third-order valence-corrected chi connectivity index (χ3v) is 4.99. The van der Waals surface area contributed by atoms with Crippen LogP contribution in [0.5, 0.6) is 0 Å².